The van der Waals surface area contributed by atoms with E-state index < -0.39 is 17.8 Å². The molecule has 0 atom stereocenters. The van der Waals surface area contributed by atoms with Crippen LogP contribution in [0.1, 0.15) is 58.3 Å². The summed E-state index contributed by atoms with van der Waals surface area (Å²) in [6, 6.07) is 4.81. The average molecular weight is 340 g/mol. The minimum atomic E-state index is -3.18. The third-order valence-corrected chi connectivity index (χ3v) is 6.04. The summed E-state index contributed by atoms with van der Waals surface area (Å²) in [6.07, 6.45) is 4.72. The standard InChI is InChI=1S/C20H27F3O/c1-14-2-4-15(5-3-14)16-6-8-17(9-7-16)20(22,23)24-19-12-10-18(21)11-13-19/h10-17H,2-9H2,1H3. The topological polar surface area (TPSA) is 9.23 Å². The van der Waals surface area contributed by atoms with Gasteiger partial charge in [0.25, 0.3) is 0 Å². The van der Waals surface area contributed by atoms with Gasteiger partial charge in [-0.25, -0.2) is 4.39 Å². The monoisotopic (exact) mass is 340 g/mol. The molecule has 0 bridgehead atoms. The van der Waals surface area contributed by atoms with Crippen molar-refractivity contribution in [1.29, 1.82) is 0 Å². The highest BCUT2D eigenvalue weighted by Gasteiger charge is 2.44. The summed E-state index contributed by atoms with van der Waals surface area (Å²) in [6.45, 7) is 2.31. The van der Waals surface area contributed by atoms with Gasteiger partial charge in [-0.05, 0) is 80.5 Å². The van der Waals surface area contributed by atoms with Gasteiger partial charge in [0.15, 0.2) is 0 Å². The number of alkyl halides is 2. The van der Waals surface area contributed by atoms with Crippen LogP contribution in [0.25, 0.3) is 0 Å². The van der Waals surface area contributed by atoms with Gasteiger partial charge in [0.2, 0.25) is 0 Å². The summed E-state index contributed by atoms with van der Waals surface area (Å²) >= 11 is 0. The minimum absolute atomic E-state index is 0.0322. The smallest absolute Gasteiger partial charge is 0.400 e. The van der Waals surface area contributed by atoms with Crippen molar-refractivity contribution in [3.8, 4) is 5.75 Å². The summed E-state index contributed by atoms with van der Waals surface area (Å²) in [4.78, 5) is 0. The summed E-state index contributed by atoms with van der Waals surface area (Å²) in [7, 11) is 0. The second kappa shape index (κ2) is 7.37. The van der Waals surface area contributed by atoms with Gasteiger partial charge in [-0.1, -0.05) is 19.8 Å². The molecule has 0 amide bonds. The van der Waals surface area contributed by atoms with Crippen molar-refractivity contribution in [3.63, 3.8) is 0 Å². The first kappa shape index (κ1) is 17.6. The summed E-state index contributed by atoms with van der Waals surface area (Å²) in [5.41, 5.74) is 0. The van der Waals surface area contributed by atoms with Crippen LogP contribution in [-0.2, 0) is 0 Å². The molecule has 0 spiro atoms. The molecule has 2 aliphatic rings. The third-order valence-electron chi connectivity index (χ3n) is 6.04. The van der Waals surface area contributed by atoms with Gasteiger partial charge in [0, 0.05) is 0 Å². The number of ether oxygens (including phenoxy) is 1. The zero-order chi connectivity index (χ0) is 17.2. The summed E-state index contributed by atoms with van der Waals surface area (Å²) in [5.74, 6) is 1.01. The van der Waals surface area contributed by atoms with E-state index in [0.717, 1.165) is 36.8 Å². The third kappa shape index (κ3) is 4.25. The lowest BCUT2D eigenvalue weighted by molar-refractivity contribution is -0.224. The van der Waals surface area contributed by atoms with Crippen LogP contribution in [-0.4, -0.2) is 6.11 Å². The Labute approximate surface area is 142 Å². The molecule has 3 rings (SSSR count). The van der Waals surface area contributed by atoms with E-state index in [-0.39, 0.29) is 5.75 Å². The molecule has 134 valence electrons. The highest BCUT2D eigenvalue weighted by Crippen LogP contribution is 2.45. The van der Waals surface area contributed by atoms with E-state index in [2.05, 4.69) is 6.92 Å². The van der Waals surface area contributed by atoms with Crippen LogP contribution in [0.3, 0.4) is 0 Å². The lowest BCUT2D eigenvalue weighted by atomic mass is 9.69. The predicted molar refractivity (Wildman–Crippen MR) is 88.5 cm³/mol. The fourth-order valence-corrected chi connectivity index (χ4v) is 4.43. The highest BCUT2D eigenvalue weighted by molar-refractivity contribution is 5.22. The molecule has 0 heterocycles. The van der Waals surface area contributed by atoms with E-state index in [9.17, 15) is 13.2 Å². The van der Waals surface area contributed by atoms with E-state index in [1.807, 2.05) is 0 Å². The lowest BCUT2D eigenvalue weighted by Gasteiger charge is -2.38. The van der Waals surface area contributed by atoms with Crippen molar-refractivity contribution < 1.29 is 17.9 Å². The zero-order valence-electron chi connectivity index (χ0n) is 14.3. The van der Waals surface area contributed by atoms with E-state index in [1.54, 1.807) is 0 Å². The van der Waals surface area contributed by atoms with Crippen LogP contribution in [0.15, 0.2) is 24.3 Å². The first-order valence-corrected chi connectivity index (χ1v) is 9.26. The number of rotatable bonds is 4. The maximum Gasteiger partial charge on any atom is 0.400 e. The van der Waals surface area contributed by atoms with Crippen molar-refractivity contribution in [3.05, 3.63) is 30.1 Å². The quantitative estimate of drug-likeness (QED) is 0.613. The molecule has 0 N–H and O–H groups in total. The normalized spacial score (nSPS) is 31.7. The molecule has 4 heteroatoms. The Morgan fingerprint density at radius 2 is 1.33 bits per heavy atom. The molecule has 1 aromatic rings. The molecule has 24 heavy (non-hydrogen) atoms. The molecule has 2 fully saturated rings. The molecule has 0 radical (unpaired) electrons. The Morgan fingerprint density at radius 1 is 0.833 bits per heavy atom. The van der Waals surface area contributed by atoms with Gasteiger partial charge in [-0.2, -0.15) is 8.78 Å². The Kier molecular flexibility index (Phi) is 5.41. The number of hydrogen-bond acceptors (Lipinski definition) is 1. The minimum Gasteiger partial charge on any atom is -0.432 e. The molecule has 1 nitrogen and oxygen atoms in total. The van der Waals surface area contributed by atoms with Crippen molar-refractivity contribution in [2.45, 2.75) is 64.4 Å². The van der Waals surface area contributed by atoms with Gasteiger partial charge in [0.1, 0.15) is 11.6 Å². The van der Waals surface area contributed by atoms with Crippen molar-refractivity contribution >= 4 is 0 Å². The maximum atomic E-state index is 14.4. The highest BCUT2D eigenvalue weighted by atomic mass is 19.3. The van der Waals surface area contributed by atoms with Gasteiger partial charge in [0.05, 0.1) is 5.92 Å². The fourth-order valence-electron chi connectivity index (χ4n) is 4.43. The second-order valence-electron chi connectivity index (χ2n) is 7.75. The van der Waals surface area contributed by atoms with Crippen molar-refractivity contribution in [1.82, 2.24) is 0 Å². The molecule has 0 saturated heterocycles. The Hall–Kier alpha value is -1.19. The van der Waals surface area contributed by atoms with Crippen LogP contribution in [0.5, 0.6) is 5.75 Å². The molecule has 0 aromatic heterocycles. The second-order valence-corrected chi connectivity index (χ2v) is 7.75. The fraction of sp³-hybridized carbons (Fsp3) is 0.700. The molecular formula is C20H27F3O. The van der Waals surface area contributed by atoms with E-state index >= 15 is 0 Å². The summed E-state index contributed by atoms with van der Waals surface area (Å²) in [5, 5.41) is 0. The van der Waals surface area contributed by atoms with E-state index in [0.29, 0.717) is 18.8 Å². The SMILES string of the molecule is CC1CCC(C2CCC(C(F)(F)Oc3ccc(F)cc3)CC2)CC1. The van der Waals surface area contributed by atoms with Gasteiger partial charge in [-0.15, -0.1) is 0 Å². The Balaban J connectivity index is 1.52. The zero-order valence-corrected chi connectivity index (χ0v) is 14.3. The molecule has 0 aliphatic heterocycles. The molecule has 2 aliphatic carbocycles. The van der Waals surface area contributed by atoms with Crippen molar-refractivity contribution in [2.24, 2.45) is 23.7 Å². The molecule has 2 saturated carbocycles. The van der Waals surface area contributed by atoms with Gasteiger partial charge in [-0.3, -0.25) is 0 Å². The molecular weight excluding hydrogens is 313 g/mol. The first-order chi connectivity index (χ1) is 11.4. The van der Waals surface area contributed by atoms with E-state index in [4.69, 9.17) is 4.74 Å². The van der Waals surface area contributed by atoms with Crippen molar-refractivity contribution in [2.75, 3.05) is 0 Å². The lowest BCUT2D eigenvalue weighted by Crippen LogP contribution is -2.38. The van der Waals surface area contributed by atoms with Crippen LogP contribution in [0.2, 0.25) is 0 Å². The van der Waals surface area contributed by atoms with Gasteiger partial charge < -0.3 is 4.74 Å². The van der Waals surface area contributed by atoms with Crippen LogP contribution in [0, 0.1) is 29.5 Å². The van der Waals surface area contributed by atoms with Crippen LogP contribution < -0.4 is 4.74 Å². The number of hydrogen-bond donors (Lipinski definition) is 0. The van der Waals surface area contributed by atoms with E-state index in [1.165, 1.54) is 37.8 Å². The largest absolute Gasteiger partial charge is 0.432 e. The number of benzene rings is 1. The van der Waals surface area contributed by atoms with Crippen LogP contribution >= 0.6 is 0 Å². The number of halogens is 3. The van der Waals surface area contributed by atoms with Crippen LogP contribution in [0.4, 0.5) is 13.2 Å². The Bertz CT molecular complexity index is 512. The molecule has 0 unspecified atom stereocenters. The predicted octanol–water partition coefficient (Wildman–Crippen LogP) is 6.43. The molecule has 1 aromatic carbocycles. The summed E-state index contributed by atoms with van der Waals surface area (Å²) < 4.78 is 46.6. The van der Waals surface area contributed by atoms with Gasteiger partial charge >= 0.3 is 6.11 Å². The maximum absolute atomic E-state index is 14.4. The Morgan fingerprint density at radius 3 is 1.88 bits per heavy atom. The average Bonchev–Trinajstić information content (AvgIpc) is 2.58. The first-order valence-electron chi connectivity index (χ1n) is 9.26.